The van der Waals surface area contributed by atoms with Crippen LogP contribution in [0.1, 0.15) is 119 Å². The molecule has 1 aromatic carbocycles. The molecule has 0 aliphatic heterocycles. The highest BCUT2D eigenvalue weighted by Crippen LogP contribution is 2.51. The molecule has 0 saturated heterocycles. The van der Waals surface area contributed by atoms with Gasteiger partial charge in [-0.2, -0.15) is 0 Å². The SMILES string of the molecule is CC1(C)Cc2nc(C3CCC3)c([C@@H](O)c3ccc(C(C)(F)F)cc3)c(I)c2C(O[Si](C)(C)C(C)(C)C)C1. The Morgan fingerprint density at radius 3 is 2.19 bits per heavy atom. The molecular weight excluding hydrogens is 599 g/mol. The van der Waals surface area contributed by atoms with Crippen LogP contribution in [0.5, 0.6) is 0 Å². The average Bonchev–Trinajstić information content (AvgIpc) is 2.69. The number of hydrogen-bond donors (Lipinski definition) is 1. The van der Waals surface area contributed by atoms with Crippen LogP contribution in [0.2, 0.25) is 18.1 Å². The number of aromatic nitrogens is 1. The van der Waals surface area contributed by atoms with Gasteiger partial charge in [-0.25, -0.2) is 8.78 Å². The molecule has 4 rings (SSSR count). The molecule has 7 heteroatoms. The van der Waals surface area contributed by atoms with Gasteiger partial charge in [0.05, 0.1) is 11.8 Å². The minimum absolute atomic E-state index is 0.0500. The maximum Gasteiger partial charge on any atom is 0.270 e. The standard InChI is InChI=1S/C30H42F2INO2Si/c1-28(2,3)37(7,8)36-22-17-29(4,5)16-21-23(22)25(33)24(26(34-21)18-10-9-11-18)27(35)19-12-14-20(15-13-19)30(6,31)32/h12-15,18,22,27,35H,9-11,16-17H2,1-8H3/t22?,27-/m0/s1. The highest BCUT2D eigenvalue weighted by molar-refractivity contribution is 14.1. The molecular formula is C30H42F2INO2Si. The van der Waals surface area contributed by atoms with Gasteiger partial charge in [0.1, 0.15) is 6.10 Å². The van der Waals surface area contributed by atoms with Crippen molar-refractivity contribution < 1.29 is 18.3 Å². The van der Waals surface area contributed by atoms with Crippen molar-refractivity contribution in [2.75, 3.05) is 0 Å². The summed E-state index contributed by atoms with van der Waals surface area (Å²) >= 11 is 2.40. The third-order valence-corrected chi connectivity index (χ3v) is 14.4. The van der Waals surface area contributed by atoms with Crippen molar-refractivity contribution in [3.8, 4) is 0 Å². The number of benzene rings is 1. The van der Waals surface area contributed by atoms with E-state index in [2.05, 4.69) is 70.3 Å². The Balaban J connectivity index is 1.85. The van der Waals surface area contributed by atoms with Crippen LogP contribution in [0.25, 0.3) is 0 Å². The lowest BCUT2D eigenvalue weighted by molar-refractivity contribution is 0.0174. The first kappa shape index (κ1) is 29.1. The third kappa shape index (κ3) is 5.85. The van der Waals surface area contributed by atoms with Crippen LogP contribution in [0.4, 0.5) is 8.78 Å². The number of hydrogen-bond acceptors (Lipinski definition) is 3. The average molecular weight is 642 g/mol. The van der Waals surface area contributed by atoms with Gasteiger partial charge in [0.25, 0.3) is 5.92 Å². The molecule has 1 fully saturated rings. The molecule has 2 aliphatic carbocycles. The van der Waals surface area contributed by atoms with E-state index in [4.69, 9.17) is 9.41 Å². The fourth-order valence-electron chi connectivity index (χ4n) is 5.25. The lowest BCUT2D eigenvalue weighted by atomic mass is 9.73. The predicted octanol–water partition coefficient (Wildman–Crippen LogP) is 9.18. The van der Waals surface area contributed by atoms with Crippen LogP contribution in [0, 0.1) is 8.99 Å². The van der Waals surface area contributed by atoms with Gasteiger partial charge in [0, 0.05) is 38.8 Å². The summed E-state index contributed by atoms with van der Waals surface area (Å²) in [6, 6.07) is 6.10. The molecule has 3 nitrogen and oxygen atoms in total. The van der Waals surface area contributed by atoms with Gasteiger partial charge in [-0.1, -0.05) is 65.3 Å². The normalized spacial score (nSPS) is 21.4. The van der Waals surface area contributed by atoms with E-state index < -0.39 is 20.3 Å². The van der Waals surface area contributed by atoms with Gasteiger partial charge in [-0.15, -0.1) is 0 Å². The number of aliphatic hydroxyl groups excluding tert-OH is 1. The van der Waals surface area contributed by atoms with Gasteiger partial charge in [0.2, 0.25) is 0 Å². The van der Waals surface area contributed by atoms with Crippen molar-refractivity contribution in [3.05, 3.63) is 61.5 Å². The maximum absolute atomic E-state index is 13.8. The van der Waals surface area contributed by atoms with E-state index in [1.54, 1.807) is 12.1 Å². The Kier molecular flexibility index (Phi) is 7.81. The van der Waals surface area contributed by atoms with Gasteiger partial charge in [0.15, 0.2) is 8.32 Å². The van der Waals surface area contributed by atoms with Gasteiger partial charge in [-0.05, 0) is 77.4 Å². The first-order valence-electron chi connectivity index (χ1n) is 13.5. The van der Waals surface area contributed by atoms with Crippen LogP contribution in [-0.4, -0.2) is 18.4 Å². The molecule has 204 valence electrons. The molecule has 0 amide bonds. The predicted molar refractivity (Wildman–Crippen MR) is 157 cm³/mol. The largest absolute Gasteiger partial charge is 0.410 e. The minimum Gasteiger partial charge on any atom is -0.410 e. The second-order valence-corrected chi connectivity index (χ2v) is 19.4. The van der Waals surface area contributed by atoms with Gasteiger partial charge < -0.3 is 9.53 Å². The number of halogens is 3. The zero-order valence-corrected chi connectivity index (χ0v) is 26.7. The van der Waals surface area contributed by atoms with Crippen LogP contribution in [0.15, 0.2) is 24.3 Å². The topological polar surface area (TPSA) is 42.4 Å². The van der Waals surface area contributed by atoms with Crippen molar-refractivity contribution in [2.24, 2.45) is 5.41 Å². The van der Waals surface area contributed by atoms with Crippen LogP contribution in [-0.2, 0) is 16.8 Å². The van der Waals surface area contributed by atoms with Gasteiger partial charge >= 0.3 is 0 Å². The Bertz CT molecular complexity index is 1150. The Hall–Kier alpha value is -0.903. The molecule has 0 bridgehead atoms. The quantitative estimate of drug-likeness (QED) is 0.253. The summed E-state index contributed by atoms with van der Waals surface area (Å²) in [5.41, 5.74) is 4.67. The Labute approximate surface area is 236 Å². The summed E-state index contributed by atoms with van der Waals surface area (Å²) in [5, 5.41) is 11.8. The van der Waals surface area contributed by atoms with E-state index in [0.29, 0.717) is 11.5 Å². The second kappa shape index (κ2) is 9.93. The number of fused-ring (bicyclic) bond motifs is 1. The number of nitrogens with zero attached hydrogens (tertiary/aromatic N) is 1. The molecule has 2 aromatic rings. The molecule has 1 unspecified atom stereocenters. The zero-order valence-electron chi connectivity index (χ0n) is 23.5. The number of rotatable bonds is 6. The van der Waals surface area contributed by atoms with Gasteiger partial charge in [-0.3, -0.25) is 4.98 Å². The molecule has 37 heavy (non-hydrogen) atoms. The monoisotopic (exact) mass is 641 g/mol. The van der Waals surface area contributed by atoms with Crippen molar-refractivity contribution in [1.82, 2.24) is 4.98 Å². The van der Waals surface area contributed by atoms with E-state index in [9.17, 15) is 13.9 Å². The summed E-state index contributed by atoms with van der Waals surface area (Å²) in [5.74, 6) is -2.59. The van der Waals surface area contributed by atoms with E-state index in [1.807, 2.05) is 0 Å². The zero-order chi connectivity index (χ0) is 27.6. The van der Waals surface area contributed by atoms with E-state index >= 15 is 0 Å². The summed E-state index contributed by atoms with van der Waals surface area (Å²) in [4.78, 5) is 5.29. The van der Waals surface area contributed by atoms with Crippen LogP contribution in [0.3, 0.4) is 0 Å². The summed E-state index contributed by atoms with van der Waals surface area (Å²) in [7, 11) is -2.07. The number of alkyl halides is 2. The fraction of sp³-hybridized carbons (Fsp3) is 0.633. The first-order chi connectivity index (χ1) is 16.9. The molecule has 1 N–H and O–H groups in total. The van der Waals surface area contributed by atoms with E-state index in [0.717, 1.165) is 58.7 Å². The molecule has 0 spiro atoms. The molecule has 1 saturated carbocycles. The highest BCUT2D eigenvalue weighted by Gasteiger charge is 2.45. The summed E-state index contributed by atoms with van der Waals surface area (Å²) in [6.07, 6.45) is 4.07. The first-order valence-corrected chi connectivity index (χ1v) is 17.5. The molecule has 2 atom stereocenters. The molecule has 2 aliphatic rings. The summed E-state index contributed by atoms with van der Waals surface area (Å²) in [6.45, 7) is 16.8. The van der Waals surface area contributed by atoms with Crippen molar-refractivity contribution in [3.63, 3.8) is 0 Å². The molecule has 1 heterocycles. The fourth-order valence-corrected chi connectivity index (χ4v) is 7.75. The minimum atomic E-state index is -2.91. The van der Waals surface area contributed by atoms with Crippen molar-refractivity contribution >= 4 is 30.9 Å². The molecule has 0 radical (unpaired) electrons. The Morgan fingerprint density at radius 2 is 1.70 bits per heavy atom. The van der Waals surface area contributed by atoms with E-state index in [1.165, 1.54) is 18.6 Å². The maximum atomic E-state index is 13.8. The van der Waals surface area contributed by atoms with Crippen LogP contribution < -0.4 is 0 Å². The number of pyridine rings is 1. The van der Waals surface area contributed by atoms with Crippen molar-refractivity contribution in [1.29, 1.82) is 0 Å². The highest BCUT2D eigenvalue weighted by atomic mass is 127. The van der Waals surface area contributed by atoms with E-state index in [-0.39, 0.29) is 22.1 Å². The second-order valence-electron chi connectivity index (χ2n) is 13.5. The Morgan fingerprint density at radius 1 is 1.11 bits per heavy atom. The van der Waals surface area contributed by atoms with Crippen LogP contribution >= 0.6 is 22.6 Å². The third-order valence-electron chi connectivity index (χ3n) is 8.76. The molecule has 1 aromatic heterocycles. The summed E-state index contributed by atoms with van der Waals surface area (Å²) < 4.78 is 35.7. The number of aliphatic hydroxyl groups is 1. The lowest BCUT2D eigenvalue weighted by Gasteiger charge is -2.45. The smallest absolute Gasteiger partial charge is 0.270 e. The lowest BCUT2D eigenvalue weighted by Crippen LogP contribution is -2.44. The van der Waals surface area contributed by atoms with Crippen molar-refractivity contribution in [2.45, 2.75) is 116 Å².